The molecule has 0 bridgehead atoms. The monoisotopic (exact) mass is 230 g/mol. The van der Waals surface area contributed by atoms with Crippen molar-refractivity contribution in [1.82, 2.24) is 0 Å². The number of para-hydroxylation sites is 1. The Morgan fingerprint density at radius 1 is 1.29 bits per heavy atom. The van der Waals surface area contributed by atoms with E-state index < -0.39 is 18.2 Å². The molecule has 0 radical (unpaired) electrons. The van der Waals surface area contributed by atoms with Gasteiger partial charge in [-0.1, -0.05) is 17.6 Å². The second-order valence-electron chi connectivity index (χ2n) is 2.47. The molecule has 0 amide bonds. The molecule has 7 heteroatoms. The average Bonchev–Trinajstić information content (AvgIpc) is 2.02. The summed E-state index contributed by atoms with van der Waals surface area (Å²) in [7, 11) is 1.20. The van der Waals surface area contributed by atoms with Crippen LogP contribution >= 0.6 is 0 Å². The van der Waals surface area contributed by atoms with Crippen LogP contribution in [0, 0.1) is 0 Å². The number of phenolic OH excluding ortho intramolecular Hbond substituents is 1. The third kappa shape index (κ3) is 3.16. The number of hydrogen-bond donors (Lipinski definition) is 1. The second kappa shape index (κ2) is 5.41. The Labute approximate surface area is 122 Å². The Morgan fingerprint density at radius 2 is 1.86 bits per heavy atom. The van der Waals surface area contributed by atoms with E-state index in [9.17, 15) is 12.9 Å². The summed E-state index contributed by atoms with van der Waals surface area (Å²) in [5, 5.41) is 9.10. The summed E-state index contributed by atoms with van der Waals surface area (Å²) >= 11 is 0. The fraction of sp³-hybridized carbons (Fsp3) is 0.143. The molecule has 0 unspecified atom stereocenters. The van der Waals surface area contributed by atoms with Gasteiger partial charge >= 0.3 is 58.4 Å². The summed E-state index contributed by atoms with van der Waals surface area (Å²) in [5.41, 5.74) is -1.03. The molecule has 1 N–H and O–H groups in total. The SMILES string of the molecule is COc1cccc([B-](F)(F)F)c1O.[K+]. The maximum atomic E-state index is 12.2. The predicted octanol–water partition coefficient (Wildman–Crippen LogP) is -1.54. The standard InChI is InChI=1S/C7H7BF3O2.K/c1-13-6-4-2-3-5(7(6)12)8(9,10)11;/h2-4,12H,1H3;/q-1;+1. The van der Waals surface area contributed by atoms with Crippen molar-refractivity contribution in [2.75, 3.05) is 7.11 Å². The predicted molar refractivity (Wildman–Crippen MR) is 43.4 cm³/mol. The van der Waals surface area contributed by atoms with Gasteiger partial charge in [0.2, 0.25) is 0 Å². The molecule has 1 aromatic carbocycles. The summed E-state index contributed by atoms with van der Waals surface area (Å²) in [6.45, 7) is -5.19. The first-order valence-corrected chi connectivity index (χ1v) is 3.52. The van der Waals surface area contributed by atoms with Gasteiger partial charge in [-0.15, -0.1) is 0 Å². The molecular weight excluding hydrogens is 223 g/mol. The van der Waals surface area contributed by atoms with Crippen LogP contribution in [0.4, 0.5) is 12.9 Å². The second-order valence-corrected chi connectivity index (χ2v) is 2.47. The van der Waals surface area contributed by atoms with Crippen LogP contribution in [-0.4, -0.2) is 19.2 Å². The van der Waals surface area contributed by atoms with E-state index in [0.29, 0.717) is 0 Å². The molecule has 0 aliphatic heterocycles. The van der Waals surface area contributed by atoms with Crippen LogP contribution in [0.3, 0.4) is 0 Å². The van der Waals surface area contributed by atoms with E-state index in [4.69, 9.17) is 5.11 Å². The van der Waals surface area contributed by atoms with Gasteiger partial charge in [-0.05, 0) is 6.07 Å². The van der Waals surface area contributed by atoms with Gasteiger partial charge in [0, 0.05) is 0 Å². The molecule has 2 nitrogen and oxygen atoms in total. The van der Waals surface area contributed by atoms with Crippen molar-refractivity contribution in [1.29, 1.82) is 0 Å². The number of rotatable bonds is 2. The number of methoxy groups -OCH3 is 1. The Morgan fingerprint density at radius 3 is 2.29 bits per heavy atom. The number of aromatic hydroxyl groups is 1. The van der Waals surface area contributed by atoms with E-state index in [-0.39, 0.29) is 57.1 Å². The van der Waals surface area contributed by atoms with E-state index in [1.54, 1.807) is 0 Å². The molecule has 0 fully saturated rings. The molecule has 14 heavy (non-hydrogen) atoms. The molecule has 1 rings (SSSR count). The minimum atomic E-state index is -5.19. The molecule has 0 saturated heterocycles. The number of halogens is 3. The van der Waals surface area contributed by atoms with Gasteiger partial charge in [-0.3, -0.25) is 0 Å². The zero-order chi connectivity index (χ0) is 10.1. The van der Waals surface area contributed by atoms with E-state index in [0.717, 1.165) is 6.07 Å². The van der Waals surface area contributed by atoms with Crippen molar-refractivity contribution in [3.8, 4) is 11.5 Å². The van der Waals surface area contributed by atoms with Gasteiger partial charge in [0.1, 0.15) is 5.75 Å². The molecular formula is C7H7BF3KO2. The number of ether oxygens (including phenoxy) is 1. The molecule has 0 heterocycles. The Bertz CT molecular complexity index is 316. The van der Waals surface area contributed by atoms with Crippen molar-refractivity contribution in [3.63, 3.8) is 0 Å². The van der Waals surface area contributed by atoms with Crippen LogP contribution in [0.1, 0.15) is 0 Å². The quantitative estimate of drug-likeness (QED) is 0.624. The zero-order valence-corrected chi connectivity index (χ0v) is 10.9. The molecule has 0 aromatic heterocycles. The fourth-order valence-electron chi connectivity index (χ4n) is 0.968. The van der Waals surface area contributed by atoms with Crippen LogP contribution in [0.15, 0.2) is 18.2 Å². The van der Waals surface area contributed by atoms with Crippen molar-refractivity contribution >= 4 is 12.4 Å². The molecule has 1 aromatic rings. The normalized spacial score (nSPS) is 10.6. The van der Waals surface area contributed by atoms with Gasteiger partial charge in [-0.2, -0.15) is 0 Å². The summed E-state index contributed by atoms with van der Waals surface area (Å²) in [6.07, 6.45) is 0. The molecule has 72 valence electrons. The van der Waals surface area contributed by atoms with Gasteiger partial charge in [0.05, 0.1) is 7.11 Å². The molecule has 0 aliphatic rings. The van der Waals surface area contributed by atoms with Gasteiger partial charge in [-0.25, -0.2) is 0 Å². The number of phenols is 1. The minimum Gasteiger partial charge on any atom is -0.507 e. The zero-order valence-electron chi connectivity index (χ0n) is 7.80. The number of hydrogen-bond acceptors (Lipinski definition) is 2. The van der Waals surface area contributed by atoms with E-state index in [1.165, 1.54) is 19.2 Å². The Hall–Kier alpha value is 0.311. The first-order chi connectivity index (χ1) is 5.96. The molecule has 0 atom stereocenters. The topological polar surface area (TPSA) is 29.5 Å². The first kappa shape index (κ1) is 14.3. The van der Waals surface area contributed by atoms with Crippen LogP contribution in [-0.2, 0) is 0 Å². The largest absolute Gasteiger partial charge is 1.00 e. The smallest absolute Gasteiger partial charge is 0.507 e. The van der Waals surface area contributed by atoms with Crippen molar-refractivity contribution in [3.05, 3.63) is 18.2 Å². The maximum Gasteiger partial charge on any atom is 1.00 e. The maximum absolute atomic E-state index is 12.2. The van der Waals surface area contributed by atoms with Crippen molar-refractivity contribution in [2.24, 2.45) is 0 Å². The summed E-state index contributed by atoms with van der Waals surface area (Å²) in [6, 6.07) is 3.27. The number of benzene rings is 1. The van der Waals surface area contributed by atoms with Gasteiger partial charge < -0.3 is 22.8 Å². The minimum absolute atomic E-state index is 0. The average molecular weight is 230 g/mol. The molecule has 0 saturated carbocycles. The van der Waals surface area contributed by atoms with E-state index in [2.05, 4.69) is 4.74 Å². The van der Waals surface area contributed by atoms with Crippen LogP contribution in [0.5, 0.6) is 11.5 Å². The van der Waals surface area contributed by atoms with E-state index >= 15 is 0 Å². The summed E-state index contributed by atoms with van der Waals surface area (Å²) < 4.78 is 41.2. The van der Waals surface area contributed by atoms with Crippen LogP contribution in [0.2, 0.25) is 0 Å². The third-order valence-electron chi connectivity index (χ3n) is 1.60. The Balaban J connectivity index is 0.00000169. The summed E-state index contributed by atoms with van der Waals surface area (Å²) in [5.74, 6) is -1.02. The summed E-state index contributed by atoms with van der Waals surface area (Å²) in [4.78, 5) is 0. The molecule has 0 aliphatic carbocycles. The first-order valence-electron chi connectivity index (χ1n) is 3.52. The Kier molecular flexibility index (Phi) is 5.53. The van der Waals surface area contributed by atoms with Gasteiger partial charge in [0.15, 0.2) is 5.75 Å². The van der Waals surface area contributed by atoms with Crippen LogP contribution < -0.4 is 61.6 Å². The fourth-order valence-corrected chi connectivity index (χ4v) is 0.968. The van der Waals surface area contributed by atoms with Gasteiger partial charge in [0.25, 0.3) is 0 Å². The van der Waals surface area contributed by atoms with Crippen LogP contribution in [0.25, 0.3) is 0 Å². The van der Waals surface area contributed by atoms with Crippen molar-refractivity contribution < 1.29 is 74.2 Å². The van der Waals surface area contributed by atoms with Crippen molar-refractivity contribution in [2.45, 2.75) is 0 Å². The van der Waals surface area contributed by atoms with E-state index in [1.807, 2.05) is 0 Å². The third-order valence-corrected chi connectivity index (χ3v) is 1.60. The molecule has 0 spiro atoms.